The molecule has 188 valence electrons. The molecule has 0 bridgehead atoms. The van der Waals surface area contributed by atoms with Crippen molar-refractivity contribution in [3.05, 3.63) is 93.7 Å². The minimum absolute atomic E-state index is 0.110. The molecular formula is C31H30ClN3OS. The van der Waals surface area contributed by atoms with Gasteiger partial charge in [-0.05, 0) is 78.6 Å². The first kappa shape index (κ1) is 24.2. The summed E-state index contributed by atoms with van der Waals surface area (Å²) in [6.45, 7) is 9.04. The average Bonchev–Trinajstić information content (AvgIpc) is 3.49. The number of halogens is 1. The second-order valence-corrected chi connectivity index (χ2v) is 11.8. The average molecular weight is 528 g/mol. The molecule has 0 saturated heterocycles. The number of anilines is 1. The minimum atomic E-state index is 0.110. The standard InChI is InChI=1S/C31H30ClN3OS/c1-18-11-19(2)28(20(3)12-18)31(4)14-22(15-31)29(34-35-30-33-23(16-32)17-37-30)27-13-25-24-8-6-5-7-21(24)9-10-26(25)36-27/h5-13,17,22H,14-16H2,1-4H3,(H,33,35). The van der Waals surface area contributed by atoms with Crippen LogP contribution in [0.5, 0.6) is 0 Å². The van der Waals surface area contributed by atoms with E-state index in [-0.39, 0.29) is 11.3 Å². The number of furan rings is 1. The lowest BCUT2D eigenvalue weighted by Crippen LogP contribution is -2.43. The number of rotatable bonds is 6. The highest BCUT2D eigenvalue weighted by molar-refractivity contribution is 7.13. The molecule has 0 unspecified atom stereocenters. The van der Waals surface area contributed by atoms with Crippen LogP contribution in [-0.2, 0) is 11.3 Å². The third kappa shape index (κ3) is 4.34. The fraction of sp³-hybridized carbons (Fsp3) is 0.290. The van der Waals surface area contributed by atoms with E-state index in [1.54, 1.807) is 0 Å². The van der Waals surface area contributed by atoms with E-state index in [1.165, 1.54) is 44.4 Å². The molecule has 1 aliphatic rings. The number of hydrazone groups is 1. The Morgan fingerprint density at radius 1 is 1.08 bits per heavy atom. The van der Waals surface area contributed by atoms with Crippen LogP contribution >= 0.6 is 22.9 Å². The summed E-state index contributed by atoms with van der Waals surface area (Å²) in [5, 5.41) is 11.1. The highest BCUT2D eigenvalue weighted by Gasteiger charge is 2.46. The van der Waals surface area contributed by atoms with Gasteiger partial charge in [-0.15, -0.1) is 22.9 Å². The summed E-state index contributed by atoms with van der Waals surface area (Å²) in [5.74, 6) is 1.48. The second kappa shape index (κ2) is 9.30. The Bertz CT molecular complexity index is 1630. The Kier molecular flexibility index (Phi) is 6.09. The fourth-order valence-electron chi connectivity index (χ4n) is 6.35. The zero-order chi connectivity index (χ0) is 25.7. The van der Waals surface area contributed by atoms with E-state index in [9.17, 15) is 0 Å². The number of hydrogen-bond donors (Lipinski definition) is 1. The molecular weight excluding hydrogens is 498 g/mol. The summed E-state index contributed by atoms with van der Waals surface area (Å²) in [4.78, 5) is 4.53. The van der Waals surface area contributed by atoms with Crippen molar-refractivity contribution >= 4 is 55.5 Å². The molecule has 1 aliphatic carbocycles. The molecule has 6 heteroatoms. The van der Waals surface area contributed by atoms with Crippen molar-refractivity contribution in [1.82, 2.24) is 4.98 Å². The number of fused-ring (bicyclic) bond motifs is 3. The number of hydrogen-bond acceptors (Lipinski definition) is 5. The predicted octanol–water partition coefficient (Wildman–Crippen LogP) is 8.89. The van der Waals surface area contributed by atoms with Gasteiger partial charge in [0, 0.05) is 16.7 Å². The summed E-state index contributed by atoms with van der Waals surface area (Å²) < 4.78 is 6.44. The van der Waals surface area contributed by atoms with Gasteiger partial charge in [0.05, 0.1) is 11.6 Å². The molecule has 0 aliphatic heterocycles. The number of alkyl halides is 1. The Labute approximate surface area is 226 Å². The molecule has 37 heavy (non-hydrogen) atoms. The van der Waals surface area contributed by atoms with E-state index < -0.39 is 0 Å². The number of benzene rings is 3. The maximum Gasteiger partial charge on any atom is 0.203 e. The molecule has 2 heterocycles. The van der Waals surface area contributed by atoms with Gasteiger partial charge in [0.25, 0.3) is 0 Å². The first-order chi connectivity index (χ1) is 17.8. The molecule has 0 spiro atoms. The number of aromatic nitrogens is 1. The Morgan fingerprint density at radius 3 is 2.57 bits per heavy atom. The molecule has 3 aromatic carbocycles. The molecule has 2 aromatic heterocycles. The van der Waals surface area contributed by atoms with Crippen molar-refractivity contribution in [3.8, 4) is 0 Å². The second-order valence-electron chi connectivity index (χ2n) is 10.6. The van der Waals surface area contributed by atoms with Crippen molar-refractivity contribution in [2.75, 3.05) is 5.43 Å². The lowest BCUT2D eigenvalue weighted by Gasteiger charge is -2.47. The zero-order valence-electron chi connectivity index (χ0n) is 21.6. The van der Waals surface area contributed by atoms with Crippen molar-refractivity contribution < 1.29 is 4.42 Å². The highest BCUT2D eigenvalue weighted by Crippen LogP contribution is 2.51. The van der Waals surface area contributed by atoms with Gasteiger partial charge in [0.15, 0.2) is 5.76 Å². The van der Waals surface area contributed by atoms with Crippen molar-refractivity contribution in [2.45, 2.75) is 51.8 Å². The normalized spacial score (nSPS) is 19.9. The van der Waals surface area contributed by atoms with Gasteiger partial charge in [-0.2, -0.15) is 5.10 Å². The van der Waals surface area contributed by atoms with Crippen LogP contribution in [0, 0.1) is 26.7 Å². The Morgan fingerprint density at radius 2 is 1.84 bits per heavy atom. The van der Waals surface area contributed by atoms with E-state index in [4.69, 9.17) is 21.1 Å². The topological polar surface area (TPSA) is 50.4 Å². The number of thiazole rings is 1. The third-order valence-corrected chi connectivity index (χ3v) is 8.77. The number of nitrogens with zero attached hydrogens (tertiary/aromatic N) is 2. The van der Waals surface area contributed by atoms with Gasteiger partial charge in [-0.25, -0.2) is 4.98 Å². The van der Waals surface area contributed by atoms with Gasteiger partial charge in [-0.3, -0.25) is 5.43 Å². The van der Waals surface area contributed by atoms with Crippen LogP contribution in [0.25, 0.3) is 21.7 Å². The fourth-order valence-corrected chi connectivity index (χ4v) is 7.23. The summed E-state index contributed by atoms with van der Waals surface area (Å²) in [6, 6.07) is 19.4. The van der Waals surface area contributed by atoms with Gasteiger partial charge < -0.3 is 4.42 Å². The van der Waals surface area contributed by atoms with E-state index in [2.05, 4.69) is 92.7 Å². The molecule has 4 nitrogen and oxygen atoms in total. The van der Waals surface area contributed by atoms with Crippen LogP contribution in [0.2, 0.25) is 0 Å². The maximum atomic E-state index is 6.44. The molecule has 1 N–H and O–H groups in total. The van der Waals surface area contributed by atoms with E-state index in [0.717, 1.165) is 46.1 Å². The van der Waals surface area contributed by atoms with Gasteiger partial charge >= 0.3 is 0 Å². The number of aryl methyl sites for hydroxylation is 3. The maximum absolute atomic E-state index is 6.44. The van der Waals surface area contributed by atoms with Crippen LogP contribution in [0.4, 0.5) is 5.13 Å². The first-order valence-corrected chi connectivity index (χ1v) is 14.1. The van der Waals surface area contributed by atoms with Crippen molar-refractivity contribution in [1.29, 1.82) is 0 Å². The smallest absolute Gasteiger partial charge is 0.203 e. The molecule has 6 rings (SSSR count). The molecule has 0 amide bonds. The molecule has 5 aromatic rings. The highest BCUT2D eigenvalue weighted by atomic mass is 35.5. The lowest BCUT2D eigenvalue weighted by atomic mass is 9.57. The van der Waals surface area contributed by atoms with Crippen molar-refractivity contribution in [3.63, 3.8) is 0 Å². The summed E-state index contributed by atoms with van der Waals surface area (Å²) in [5.41, 5.74) is 11.5. The zero-order valence-corrected chi connectivity index (χ0v) is 23.1. The summed E-state index contributed by atoms with van der Waals surface area (Å²) >= 11 is 7.48. The molecule has 1 saturated carbocycles. The van der Waals surface area contributed by atoms with E-state index in [0.29, 0.717) is 5.88 Å². The lowest BCUT2D eigenvalue weighted by molar-refractivity contribution is 0.215. The van der Waals surface area contributed by atoms with E-state index in [1.807, 2.05) is 5.38 Å². The van der Waals surface area contributed by atoms with Crippen LogP contribution in [0.15, 0.2) is 69.5 Å². The van der Waals surface area contributed by atoms with Crippen LogP contribution in [-0.4, -0.2) is 10.7 Å². The first-order valence-electron chi connectivity index (χ1n) is 12.7. The number of nitrogens with one attached hydrogen (secondary N) is 1. The molecule has 0 atom stereocenters. The Balaban J connectivity index is 1.38. The molecule has 1 fully saturated rings. The minimum Gasteiger partial charge on any atom is -0.455 e. The van der Waals surface area contributed by atoms with Gasteiger partial charge in [-0.1, -0.05) is 55.0 Å². The van der Waals surface area contributed by atoms with Gasteiger partial charge in [0.1, 0.15) is 11.3 Å². The van der Waals surface area contributed by atoms with E-state index >= 15 is 0 Å². The summed E-state index contributed by atoms with van der Waals surface area (Å²) in [6.07, 6.45) is 2.03. The predicted molar refractivity (Wildman–Crippen MR) is 156 cm³/mol. The summed E-state index contributed by atoms with van der Waals surface area (Å²) in [7, 11) is 0. The SMILES string of the molecule is Cc1cc(C)c(C2(C)CC(C(=NNc3nc(CCl)cs3)c3cc4c(ccc5ccccc54)o3)C2)c(C)c1. The largest absolute Gasteiger partial charge is 0.455 e. The van der Waals surface area contributed by atoms with Crippen LogP contribution in [0.3, 0.4) is 0 Å². The Hall–Kier alpha value is -3.15. The van der Waals surface area contributed by atoms with Crippen LogP contribution in [0.1, 0.15) is 53.5 Å². The van der Waals surface area contributed by atoms with Crippen molar-refractivity contribution in [2.24, 2.45) is 11.0 Å². The monoisotopic (exact) mass is 527 g/mol. The van der Waals surface area contributed by atoms with Crippen LogP contribution < -0.4 is 5.43 Å². The molecule has 0 radical (unpaired) electrons. The third-order valence-electron chi connectivity index (χ3n) is 7.70. The van der Waals surface area contributed by atoms with Gasteiger partial charge in [0.2, 0.25) is 5.13 Å². The quantitative estimate of drug-likeness (QED) is 0.136.